The van der Waals surface area contributed by atoms with Gasteiger partial charge in [-0.15, -0.1) is 0 Å². The maximum Gasteiger partial charge on any atom is 0 e. The predicted molar refractivity (Wildman–Crippen MR) is 124 cm³/mol. The molecule has 0 aliphatic carbocycles. The van der Waals surface area contributed by atoms with Crippen LogP contribution in [0, 0.1) is 26.6 Å². The summed E-state index contributed by atoms with van der Waals surface area (Å²) >= 11 is 0. The molecule has 0 amide bonds. The van der Waals surface area contributed by atoms with Crippen LogP contribution in [0.2, 0.25) is 0 Å². The molecule has 1 atom stereocenters. The van der Waals surface area contributed by atoms with Crippen LogP contribution in [0.1, 0.15) is 0 Å². The Morgan fingerprint density at radius 3 is 1.08 bits per heavy atom. The zero-order valence-corrected chi connectivity index (χ0v) is 24.8. The van der Waals surface area contributed by atoms with E-state index in [9.17, 15) is 33.8 Å². The Labute approximate surface area is 247 Å². The van der Waals surface area contributed by atoms with Crippen molar-refractivity contribution >= 4 is 53.3 Å². The van der Waals surface area contributed by atoms with Gasteiger partial charge in [-0.1, -0.05) is 36.4 Å². The molecule has 0 N–H and O–H groups in total. The fourth-order valence-corrected chi connectivity index (χ4v) is 3.33. The Bertz CT molecular complexity index is 775. The van der Waals surface area contributed by atoms with E-state index in [1.165, 1.54) is 36.4 Å². The van der Waals surface area contributed by atoms with E-state index in [-0.39, 0.29) is 50.0 Å². The molecule has 7 nitrogen and oxygen atoms in total. The molecule has 0 aromatic heterocycles. The summed E-state index contributed by atoms with van der Waals surface area (Å²) in [6, 6.07) is 14.8. The van der Waals surface area contributed by atoms with Gasteiger partial charge in [0.25, 0.3) is 0 Å². The van der Waals surface area contributed by atoms with E-state index in [4.69, 9.17) is 23.4 Å². The number of hydrogen-bond acceptors (Lipinski definition) is 3. The summed E-state index contributed by atoms with van der Waals surface area (Å²) in [4.78, 5) is 7.75. The first-order valence-electron chi connectivity index (χ1n) is 7.73. The third kappa shape index (κ3) is 33.0. The van der Waals surface area contributed by atoms with Gasteiger partial charge in [0.15, 0.2) is 9.04 Å². The zero-order chi connectivity index (χ0) is 30.8. The van der Waals surface area contributed by atoms with Gasteiger partial charge in [-0.25, -0.2) is 8.64 Å². The number of nitrogens with zero attached hydrogens (tertiary/aromatic N) is 2. The van der Waals surface area contributed by atoms with Gasteiger partial charge in [-0.3, -0.25) is 15.6 Å². The van der Waals surface area contributed by atoms with E-state index < -0.39 is 35.1 Å². The number of benzene rings is 2. The van der Waals surface area contributed by atoms with Gasteiger partial charge in [0.2, 0.25) is 0 Å². The van der Waals surface area contributed by atoms with Crippen LogP contribution in [0.15, 0.2) is 60.7 Å². The van der Waals surface area contributed by atoms with Crippen LogP contribution in [0.3, 0.4) is 0 Å². The summed E-state index contributed by atoms with van der Waals surface area (Å²) in [6.07, 6.45) is 0. The number of alkyl halides is 1. The number of anilines is 2. The first-order chi connectivity index (χ1) is 17.9. The van der Waals surface area contributed by atoms with Crippen LogP contribution in [0.25, 0.3) is 0 Å². The van der Waals surface area contributed by atoms with E-state index in [1.807, 2.05) is 0 Å². The second-order valence-electron chi connectivity index (χ2n) is 4.00. The van der Waals surface area contributed by atoms with Crippen molar-refractivity contribution < 1.29 is 91.3 Å². The molecule has 0 heterocycles. The standard InChI is InChI=1S/C6H5F4NP2.C6H6F3NP2.CH3F.CHO.4CO.2Fe/c7-12(8)11(13(9)10)6-4-2-1-3-5-6;7-11-10(12(8)9)6-4-2-1-3-5-6;6*1-2;;/h1-5H;1-5,11H;1H3;1H;;;;;;/q;;;-1;;;;;;. The Hall–Kier alpha value is -1.13. The van der Waals surface area contributed by atoms with E-state index in [0.717, 1.165) is 0 Å². The predicted octanol–water partition coefficient (Wildman–Crippen LogP) is 9.12. The third-order valence-electron chi connectivity index (χ3n) is 2.51. The van der Waals surface area contributed by atoms with Crippen molar-refractivity contribution in [2.24, 2.45) is 0 Å². The van der Waals surface area contributed by atoms with Crippen LogP contribution in [0.5, 0.6) is 0 Å². The average molecular weight is 727 g/mol. The smallest absolute Gasteiger partial charge is 0 e. The Balaban J connectivity index is -0.0000000572. The molecule has 2 aromatic rings. The maximum absolute atomic E-state index is 12.2. The molecule has 39 heavy (non-hydrogen) atoms. The van der Waals surface area contributed by atoms with Crippen LogP contribution in [-0.4, -0.2) is 14.0 Å². The molecule has 0 saturated carbocycles. The molecular formula is C18H15F8Fe2N2O5P4-. The molecule has 0 fully saturated rings. The number of para-hydroxylation sites is 2. The summed E-state index contributed by atoms with van der Waals surface area (Å²) in [5.74, 6) is 0. The van der Waals surface area contributed by atoms with Gasteiger partial charge < -0.3 is 4.79 Å². The molecule has 21 heteroatoms. The average Bonchev–Trinajstić information content (AvgIpc) is 2.97. The SMILES string of the molecule is CF.FP(F)N(c1ccccc1)P(F)F.FPN(c1ccccc1)P(F)F.[C-]#[O+].[C-]#[O+].[C-]#[O+].[C-]#[O+].[CH-]=O.[Fe].[Fe]. The van der Waals surface area contributed by atoms with Crippen LogP contribution < -0.4 is 8.88 Å². The second-order valence-corrected chi connectivity index (χ2v) is 7.80. The molecule has 0 aliphatic heterocycles. The second kappa shape index (κ2) is 49.8. The Morgan fingerprint density at radius 1 is 0.615 bits per heavy atom. The van der Waals surface area contributed by atoms with Gasteiger partial charge in [-0.2, -0.15) is 25.2 Å². The van der Waals surface area contributed by atoms with Crippen molar-refractivity contribution in [2.45, 2.75) is 0 Å². The van der Waals surface area contributed by atoms with Crippen LogP contribution >= 0.6 is 35.1 Å². The van der Waals surface area contributed by atoms with E-state index in [0.29, 0.717) is 11.6 Å². The van der Waals surface area contributed by atoms with Gasteiger partial charge in [-0.05, 0) is 24.3 Å². The third-order valence-corrected chi connectivity index (χ3v) is 5.98. The van der Waals surface area contributed by atoms with Gasteiger partial charge in [0.05, 0.1) is 18.6 Å². The van der Waals surface area contributed by atoms with Gasteiger partial charge >= 0.3 is 71.3 Å². The Morgan fingerprint density at radius 2 is 0.872 bits per heavy atom. The van der Waals surface area contributed by atoms with Crippen molar-refractivity contribution in [2.75, 3.05) is 16.1 Å². The number of hydrogen-bond donors (Lipinski definition) is 0. The van der Waals surface area contributed by atoms with Crippen molar-refractivity contribution in [3.8, 4) is 0 Å². The van der Waals surface area contributed by atoms with Crippen molar-refractivity contribution in [1.82, 2.24) is 0 Å². The fraction of sp³-hybridized carbons (Fsp3) is 0.0556. The molecule has 0 bridgehead atoms. The van der Waals surface area contributed by atoms with E-state index >= 15 is 0 Å². The van der Waals surface area contributed by atoms with Gasteiger partial charge in [0, 0.05) is 34.1 Å². The van der Waals surface area contributed by atoms with Gasteiger partial charge in [0.1, 0.15) is 0 Å². The molecule has 2 aromatic carbocycles. The normalized spacial score (nSPS) is 7.59. The van der Waals surface area contributed by atoms with Crippen molar-refractivity contribution in [3.05, 3.63) is 87.3 Å². The minimum absolute atomic E-state index is 0. The summed E-state index contributed by atoms with van der Waals surface area (Å²) in [6.45, 7) is 21.2. The fourth-order valence-electron chi connectivity index (χ4n) is 1.52. The number of carbonyl (C=O) groups excluding carboxylic acids is 1. The first-order valence-corrected chi connectivity index (χ1v) is 11.8. The molecule has 2 rings (SSSR count). The van der Waals surface area contributed by atoms with Crippen LogP contribution in [-0.2, 0) is 57.5 Å². The first kappa shape index (κ1) is 57.7. The molecule has 0 spiro atoms. The molecule has 0 aliphatic rings. The largest absolute Gasteiger partial charge is 0.545 e. The topological polar surface area (TPSA) is 103 Å². The number of rotatable bonds is 6. The van der Waals surface area contributed by atoms with Crippen LogP contribution in [0.4, 0.5) is 45.1 Å². The molecule has 1 unspecified atom stereocenters. The maximum atomic E-state index is 12.2. The molecular weight excluding hydrogens is 712 g/mol. The molecule has 0 saturated heterocycles. The molecule has 0 radical (unpaired) electrons. The van der Waals surface area contributed by atoms with Crippen molar-refractivity contribution in [1.29, 1.82) is 0 Å². The van der Waals surface area contributed by atoms with E-state index in [1.54, 1.807) is 24.3 Å². The summed E-state index contributed by atoms with van der Waals surface area (Å²) in [5, 5.41) is 0. The number of halogens is 8. The summed E-state index contributed by atoms with van der Waals surface area (Å²) in [7, 11) is -11.8. The summed E-state index contributed by atoms with van der Waals surface area (Å²) < 4.78 is 125. The summed E-state index contributed by atoms with van der Waals surface area (Å²) in [5.41, 5.74) is 0.101. The van der Waals surface area contributed by atoms with Crippen molar-refractivity contribution in [3.63, 3.8) is 0 Å². The Kier molecular flexibility index (Phi) is 73.6. The quantitative estimate of drug-likeness (QED) is 0.0741. The zero-order valence-electron chi connectivity index (χ0n) is 18.9. The minimum atomic E-state index is -3.77. The monoisotopic (exact) mass is 727 g/mol. The minimum Gasteiger partial charge on any atom is -0.545 e. The van der Waals surface area contributed by atoms with E-state index in [2.05, 4.69) is 33.4 Å². The molecule has 220 valence electrons.